The molecule has 0 aliphatic heterocycles. The third kappa shape index (κ3) is 5.33. The number of nitrogens with zero attached hydrogens (tertiary/aromatic N) is 1. The van der Waals surface area contributed by atoms with Crippen LogP contribution in [0.1, 0.15) is 5.56 Å². The van der Waals surface area contributed by atoms with Crippen LogP contribution in [0, 0.1) is 5.82 Å². The normalized spacial score (nSPS) is 11.0. The number of hydrogen-bond acceptors (Lipinski definition) is 5. The Morgan fingerprint density at radius 2 is 1.85 bits per heavy atom. The van der Waals surface area contributed by atoms with Crippen LogP contribution in [0.15, 0.2) is 42.5 Å². The van der Waals surface area contributed by atoms with Crippen molar-refractivity contribution in [2.75, 3.05) is 31.3 Å². The maximum absolute atomic E-state index is 13.7. The second-order valence-corrected chi connectivity index (χ2v) is 7.58. The molecule has 0 atom stereocenters. The van der Waals surface area contributed by atoms with Gasteiger partial charge in [0.25, 0.3) is 0 Å². The highest BCUT2D eigenvalue weighted by Crippen LogP contribution is 2.33. The summed E-state index contributed by atoms with van der Waals surface area (Å²) in [7, 11) is -0.964. The first-order chi connectivity index (χ1) is 12.8. The predicted molar refractivity (Wildman–Crippen MR) is 100.0 cm³/mol. The van der Waals surface area contributed by atoms with Gasteiger partial charge >= 0.3 is 0 Å². The molecule has 2 aromatic carbocycles. The quantitative estimate of drug-likeness (QED) is 0.737. The number of benzene rings is 2. The van der Waals surface area contributed by atoms with Crippen molar-refractivity contribution in [3.8, 4) is 11.5 Å². The molecule has 7 nitrogen and oxygen atoms in total. The minimum absolute atomic E-state index is 0.0572. The molecule has 1 amide bonds. The Bertz CT molecular complexity index is 918. The first-order valence-corrected chi connectivity index (χ1v) is 9.81. The Morgan fingerprint density at radius 3 is 2.44 bits per heavy atom. The molecule has 9 heteroatoms. The largest absolute Gasteiger partial charge is 0.497 e. The number of nitrogens with one attached hydrogen (secondary N) is 1. The Balaban J connectivity index is 2.23. The zero-order valence-corrected chi connectivity index (χ0v) is 16.0. The second kappa shape index (κ2) is 8.72. The molecule has 1 N–H and O–H groups in total. The van der Waals surface area contributed by atoms with Gasteiger partial charge in [-0.25, -0.2) is 12.8 Å². The molecule has 0 radical (unpaired) electrons. The van der Waals surface area contributed by atoms with Gasteiger partial charge in [0.2, 0.25) is 15.9 Å². The van der Waals surface area contributed by atoms with Gasteiger partial charge in [0.05, 0.1) is 26.2 Å². The molecule has 0 spiro atoms. The van der Waals surface area contributed by atoms with Gasteiger partial charge in [0.15, 0.2) is 0 Å². The SMILES string of the molecule is COc1ccc(OC)c(N(CC(=O)NCc2ccccc2F)S(C)(=O)=O)c1. The van der Waals surface area contributed by atoms with E-state index in [1.165, 1.54) is 32.4 Å². The fraction of sp³-hybridized carbons (Fsp3) is 0.278. The van der Waals surface area contributed by atoms with Gasteiger partial charge in [-0.2, -0.15) is 0 Å². The first kappa shape index (κ1) is 20.5. The summed E-state index contributed by atoms with van der Waals surface area (Å²) in [6.07, 6.45) is 0.982. The van der Waals surface area contributed by atoms with Crippen LogP contribution in [0.2, 0.25) is 0 Å². The van der Waals surface area contributed by atoms with Gasteiger partial charge in [0, 0.05) is 18.2 Å². The summed E-state index contributed by atoms with van der Waals surface area (Å²) in [6.45, 7) is -0.546. The van der Waals surface area contributed by atoms with Crippen LogP contribution in [0.25, 0.3) is 0 Å². The molecule has 0 unspecified atom stereocenters. The van der Waals surface area contributed by atoms with E-state index in [9.17, 15) is 17.6 Å². The van der Waals surface area contributed by atoms with E-state index in [-0.39, 0.29) is 18.0 Å². The van der Waals surface area contributed by atoms with Gasteiger partial charge < -0.3 is 14.8 Å². The molecule has 0 aliphatic rings. The lowest BCUT2D eigenvalue weighted by atomic mass is 10.2. The number of sulfonamides is 1. The van der Waals surface area contributed by atoms with Crippen molar-refractivity contribution in [1.82, 2.24) is 5.32 Å². The van der Waals surface area contributed by atoms with Gasteiger partial charge in [-0.15, -0.1) is 0 Å². The van der Waals surface area contributed by atoms with E-state index in [4.69, 9.17) is 9.47 Å². The maximum Gasteiger partial charge on any atom is 0.241 e. The van der Waals surface area contributed by atoms with Crippen molar-refractivity contribution in [2.24, 2.45) is 0 Å². The van der Waals surface area contributed by atoms with Gasteiger partial charge in [-0.1, -0.05) is 18.2 Å². The van der Waals surface area contributed by atoms with Crippen molar-refractivity contribution in [3.63, 3.8) is 0 Å². The first-order valence-electron chi connectivity index (χ1n) is 7.96. The number of carbonyl (C=O) groups excluding carboxylic acids is 1. The lowest BCUT2D eigenvalue weighted by molar-refractivity contribution is -0.119. The Labute approximate surface area is 157 Å². The summed E-state index contributed by atoms with van der Waals surface area (Å²) >= 11 is 0. The van der Waals surface area contributed by atoms with Gasteiger partial charge in [-0.05, 0) is 18.2 Å². The third-order valence-electron chi connectivity index (χ3n) is 3.78. The standard InChI is InChI=1S/C18H21FN2O5S/c1-25-14-8-9-17(26-2)16(10-14)21(27(3,23)24)12-18(22)20-11-13-6-4-5-7-15(13)19/h4-10H,11-12H2,1-3H3,(H,20,22). The van der Waals surface area contributed by atoms with E-state index in [0.29, 0.717) is 11.3 Å². The van der Waals surface area contributed by atoms with Crippen LogP contribution in [-0.4, -0.2) is 41.3 Å². The fourth-order valence-electron chi connectivity index (χ4n) is 2.39. The molecule has 0 heterocycles. The number of amides is 1. The molecule has 2 aromatic rings. The van der Waals surface area contributed by atoms with Crippen molar-refractivity contribution in [2.45, 2.75) is 6.54 Å². The second-order valence-electron chi connectivity index (χ2n) is 5.68. The highest BCUT2D eigenvalue weighted by Gasteiger charge is 2.24. The van der Waals surface area contributed by atoms with Crippen LogP contribution < -0.4 is 19.1 Å². The van der Waals surface area contributed by atoms with Crippen LogP contribution in [0.4, 0.5) is 10.1 Å². The van der Waals surface area contributed by atoms with E-state index in [2.05, 4.69) is 5.32 Å². The summed E-state index contributed by atoms with van der Waals surface area (Å²) in [5.74, 6) is -0.366. The van der Waals surface area contributed by atoms with Gasteiger partial charge in [-0.3, -0.25) is 9.10 Å². The molecule has 0 aliphatic carbocycles. The Hall–Kier alpha value is -2.81. The molecule has 0 saturated carbocycles. The molecular weight excluding hydrogens is 375 g/mol. The van der Waals surface area contributed by atoms with Crippen molar-refractivity contribution in [3.05, 3.63) is 53.8 Å². The summed E-state index contributed by atoms with van der Waals surface area (Å²) in [6, 6.07) is 10.6. The number of methoxy groups -OCH3 is 2. The van der Waals surface area contributed by atoms with Crippen LogP contribution in [-0.2, 0) is 21.4 Å². The van der Waals surface area contributed by atoms with E-state index in [1.54, 1.807) is 24.3 Å². The number of halogens is 1. The average Bonchev–Trinajstić information content (AvgIpc) is 2.64. The number of ether oxygens (including phenoxy) is 2. The van der Waals surface area contributed by atoms with Crippen molar-refractivity contribution in [1.29, 1.82) is 0 Å². The van der Waals surface area contributed by atoms with E-state index >= 15 is 0 Å². The van der Waals surface area contributed by atoms with Crippen LogP contribution >= 0.6 is 0 Å². The molecule has 0 saturated heterocycles. The van der Waals surface area contributed by atoms with E-state index in [1.807, 2.05) is 0 Å². The number of anilines is 1. The zero-order valence-electron chi connectivity index (χ0n) is 15.2. The smallest absolute Gasteiger partial charge is 0.241 e. The number of rotatable bonds is 8. The van der Waals surface area contributed by atoms with Crippen molar-refractivity contribution < 1.29 is 27.1 Å². The lowest BCUT2D eigenvalue weighted by Gasteiger charge is -2.24. The highest BCUT2D eigenvalue weighted by atomic mass is 32.2. The molecule has 0 aromatic heterocycles. The average molecular weight is 396 g/mol. The number of carbonyl (C=O) groups is 1. The molecule has 2 rings (SSSR count). The molecule has 27 heavy (non-hydrogen) atoms. The molecule has 146 valence electrons. The topological polar surface area (TPSA) is 84.9 Å². The Morgan fingerprint density at radius 1 is 1.15 bits per heavy atom. The number of hydrogen-bond donors (Lipinski definition) is 1. The zero-order chi connectivity index (χ0) is 20.0. The summed E-state index contributed by atoms with van der Waals surface area (Å²) in [5, 5.41) is 2.52. The predicted octanol–water partition coefficient (Wildman–Crippen LogP) is 1.93. The monoisotopic (exact) mass is 396 g/mol. The summed E-state index contributed by atoms with van der Waals surface area (Å²) < 4.78 is 49.4. The lowest BCUT2D eigenvalue weighted by Crippen LogP contribution is -2.40. The minimum Gasteiger partial charge on any atom is -0.497 e. The molecular formula is C18H21FN2O5S. The van der Waals surface area contributed by atoms with Crippen LogP contribution in [0.3, 0.4) is 0 Å². The van der Waals surface area contributed by atoms with E-state index < -0.39 is 28.3 Å². The fourth-order valence-corrected chi connectivity index (χ4v) is 3.25. The molecule has 0 fully saturated rings. The third-order valence-corrected chi connectivity index (χ3v) is 4.90. The minimum atomic E-state index is -3.80. The van der Waals surface area contributed by atoms with E-state index in [0.717, 1.165) is 10.6 Å². The van der Waals surface area contributed by atoms with Crippen LogP contribution in [0.5, 0.6) is 11.5 Å². The summed E-state index contributed by atoms with van der Waals surface area (Å²) in [5.41, 5.74) is 0.469. The Kier molecular flexibility index (Phi) is 6.62. The maximum atomic E-state index is 13.7. The summed E-state index contributed by atoms with van der Waals surface area (Å²) in [4.78, 5) is 12.3. The molecule has 0 bridgehead atoms. The highest BCUT2D eigenvalue weighted by molar-refractivity contribution is 7.92. The van der Waals surface area contributed by atoms with Crippen molar-refractivity contribution >= 4 is 21.6 Å². The van der Waals surface area contributed by atoms with Gasteiger partial charge in [0.1, 0.15) is 23.9 Å².